The van der Waals surface area contributed by atoms with E-state index in [1.165, 1.54) is 17.7 Å². The van der Waals surface area contributed by atoms with Gasteiger partial charge in [-0.25, -0.2) is 9.97 Å². The maximum atomic E-state index is 12.1. The first kappa shape index (κ1) is 15.7. The zero-order valence-electron chi connectivity index (χ0n) is 12.6. The Morgan fingerprint density at radius 1 is 1.35 bits per heavy atom. The summed E-state index contributed by atoms with van der Waals surface area (Å²) in [5, 5.41) is 6.00. The first-order valence-electron chi connectivity index (χ1n) is 6.92. The predicted octanol–water partition coefficient (Wildman–Crippen LogP) is 3.98. The van der Waals surface area contributed by atoms with Gasteiger partial charge in [0.25, 0.3) is 5.91 Å². The molecule has 5 nitrogen and oxygen atoms in total. The van der Waals surface area contributed by atoms with E-state index in [1.807, 2.05) is 37.4 Å². The van der Waals surface area contributed by atoms with E-state index < -0.39 is 0 Å². The van der Waals surface area contributed by atoms with Crippen molar-refractivity contribution in [2.45, 2.75) is 13.8 Å². The Hall–Kier alpha value is -2.18. The van der Waals surface area contributed by atoms with E-state index >= 15 is 0 Å². The molecular weight excluding hydrogens is 334 g/mol. The zero-order valence-corrected chi connectivity index (χ0v) is 14.2. The lowest BCUT2D eigenvalue weighted by atomic mass is 10.1. The average Bonchev–Trinajstić information content (AvgIpc) is 2.97. The van der Waals surface area contributed by atoms with Gasteiger partial charge in [0, 0.05) is 0 Å². The summed E-state index contributed by atoms with van der Waals surface area (Å²) in [5.41, 5.74) is 2.56. The minimum atomic E-state index is -0.291. The van der Waals surface area contributed by atoms with Crippen molar-refractivity contribution in [1.82, 2.24) is 9.97 Å². The topological polar surface area (TPSA) is 64.1 Å². The fourth-order valence-corrected chi connectivity index (χ4v) is 3.36. The molecule has 23 heavy (non-hydrogen) atoms. The van der Waals surface area contributed by atoms with Crippen LogP contribution in [0.2, 0.25) is 5.02 Å². The summed E-state index contributed by atoms with van der Waals surface area (Å²) in [6, 6.07) is 5.64. The van der Waals surface area contributed by atoms with Crippen LogP contribution in [0.5, 0.6) is 5.88 Å². The Kier molecular flexibility index (Phi) is 4.45. The van der Waals surface area contributed by atoms with E-state index in [9.17, 15) is 4.79 Å². The largest absolute Gasteiger partial charge is 0.467 e. The second-order valence-electron chi connectivity index (χ2n) is 5.09. The van der Waals surface area contributed by atoms with Crippen LogP contribution in [0.4, 0.5) is 5.69 Å². The van der Waals surface area contributed by atoms with E-state index in [2.05, 4.69) is 15.3 Å². The van der Waals surface area contributed by atoms with Crippen LogP contribution in [0.25, 0.3) is 10.2 Å². The van der Waals surface area contributed by atoms with Crippen molar-refractivity contribution >= 4 is 44.7 Å². The fraction of sp³-hybridized carbons (Fsp3) is 0.188. The number of benzene rings is 1. The van der Waals surface area contributed by atoms with Gasteiger partial charge in [0.1, 0.15) is 11.2 Å². The van der Waals surface area contributed by atoms with Crippen LogP contribution in [-0.4, -0.2) is 22.5 Å². The number of rotatable bonds is 4. The number of hydrogen-bond donors (Lipinski definition) is 1. The average molecular weight is 348 g/mol. The molecule has 0 spiro atoms. The second-order valence-corrected chi connectivity index (χ2v) is 6.40. The van der Waals surface area contributed by atoms with Crippen LogP contribution in [0.3, 0.4) is 0 Å². The van der Waals surface area contributed by atoms with Gasteiger partial charge >= 0.3 is 0 Å². The number of halogens is 1. The summed E-state index contributed by atoms with van der Waals surface area (Å²) >= 11 is 7.68. The van der Waals surface area contributed by atoms with Gasteiger partial charge in [-0.05, 0) is 42.5 Å². The molecule has 1 aromatic carbocycles. The number of fused-ring (bicyclic) bond motifs is 1. The highest BCUT2D eigenvalue weighted by Gasteiger charge is 2.12. The summed E-state index contributed by atoms with van der Waals surface area (Å²) in [6.07, 6.45) is 1.42. The molecule has 0 saturated heterocycles. The summed E-state index contributed by atoms with van der Waals surface area (Å²) in [6.45, 7) is 3.70. The molecule has 0 unspecified atom stereocenters. The van der Waals surface area contributed by atoms with Crippen LogP contribution in [0.15, 0.2) is 29.9 Å². The smallest absolute Gasteiger partial charge is 0.262 e. The number of carbonyl (C=O) groups is 1. The van der Waals surface area contributed by atoms with Crippen molar-refractivity contribution in [3.63, 3.8) is 0 Å². The van der Waals surface area contributed by atoms with Crippen LogP contribution >= 0.6 is 22.9 Å². The molecule has 0 fully saturated rings. The van der Waals surface area contributed by atoms with E-state index in [0.29, 0.717) is 16.6 Å². The van der Waals surface area contributed by atoms with Gasteiger partial charge in [-0.1, -0.05) is 17.7 Å². The molecule has 0 saturated carbocycles. The lowest BCUT2D eigenvalue weighted by Gasteiger charge is -2.12. The van der Waals surface area contributed by atoms with Crippen LogP contribution in [0, 0.1) is 13.8 Å². The maximum Gasteiger partial charge on any atom is 0.262 e. The van der Waals surface area contributed by atoms with Crippen molar-refractivity contribution < 1.29 is 9.53 Å². The summed E-state index contributed by atoms with van der Waals surface area (Å²) in [4.78, 5) is 21.2. The Bertz CT molecular complexity index is 856. The molecule has 2 heterocycles. The first-order valence-corrected chi connectivity index (χ1v) is 8.18. The molecule has 1 amide bonds. The van der Waals surface area contributed by atoms with Crippen molar-refractivity contribution in [2.75, 3.05) is 11.9 Å². The second kappa shape index (κ2) is 6.52. The number of ether oxygens (including phenoxy) is 1. The van der Waals surface area contributed by atoms with E-state index in [0.717, 1.165) is 21.3 Å². The van der Waals surface area contributed by atoms with Crippen molar-refractivity contribution in [3.05, 3.63) is 46.1 Å². The maximum absolute atomic E-state index is 12.1. The molecule has 0 atom stereocenters. The molecule has 118 valence electrons. The number of nitrogens with zero attached hydrogens (tertiary/aromatic N) is 2. The van der Waals surface area contributed by atoms with Gasteiger partial charge in [0.15, 0.2) is 6.61 Å². The predicted molar refractivity (Wildman–Crippen MR) is 92.5 cm³/mol. The quantitative estimate of drug-likeness (QED) is 0.775. The Balaban J connectivity index is 1.70. The first-order chi connectivity index (χ1) is 11.0. The fourth-order valence-electron chi connectivity index (χ4n) is 2.27. The molecule has 2 aromatic heterocycles. The highest BCUT2D eigenvalue weighted by Crippen LogP contribution is 2.28. The number of thiophene rings is 1. The third kappa shape index (κ3) is 3.43. The van der Waals surface area contributed by atoms with Crippen LogP contribution in [-0.2, 0) is 4.79 Å². The van der Waals surface area contributed by atoms with Gasteiger partial charge in [-0.3, -0.25) is 4.79 Å². The summed E-state index contributed by atoms with van der Waals surface area (Å²) in [7, 11) is 0. The number of aromatic nitrogens is 2. The number of aryl methyl sites for hydroxylation is 2. The molecule has 0 aliphatic heterocycles. The normalized spacial score (nSPS) is 10.7. The highest BCUT2D eigenvalue weighted by atomic mass is 35.5. The van der Waals surface area contributed by atoms with Gasteiger partial charge < -0.3 is 10.1 Å². The Morgan fingerprint density at radius 3 is 2.96 bits per heavy atom. The third-order valence-electron chi connectivity index (χ3n) is 3.26. The number of nitrogens with one attached hydrogen (secondary N) is 1. The lowest BCUT2D eigenvalue weighted by Crippen LogP contribution is -2.21. The molecule has 3 aromatic rings. The number of hydrogen-bond acceptors (Lipinski definition) is 5. The van der Waals surface area contributed by atoms with Crippen LogP contribution in [0.1, 0.15) is 11.1 Å². The molecule has 0 aliphatic rings. The summed E-state index contributed by atoms with van der Waals surface area (Å²) < 4.78 is 5.52. The van der Waals surface area contributed by atoms with Gasteiger partial charge in [0.2, 0.25) is 5.88 Å². The highest BCUT2D eigenvalue weighted by molar-refractivity contribution is 7.16. The SMILES string of the molecule is Cc1cc(C)c(NC(=O)COc2ncnc3sccc23)c(Cl)c1. The zero-order chi connectivity index (χ0) is 16.4. The molecule has 0 bridgehead atoms. The van der Waals surface area contributed by atoms with Crippen molar-refractivity contribution in [1.29, 1.82) is 0 Å². The number of anilines is 1. The van der Waals surface area contributed by atoms with Crippen molar-refractivity contribution in [3.8, 4) is 5.88 Å². The minimum Gasteiger partial charge on any atom is -0.467 e. The third-order valence-corrected chi connectivity index (χ3v) is 4.38. The van der Waals surface area contributed by atoms with Gasteiger partial charge in [0.05, 0.1) is 16.1 Å². The number of carbonyl (C=O) groups excluding carboxylic acids is 1. The van der Waals surface area contributed by atoms with Crippen LogP contribution < -0.4 is 10.1 Å². The van der Waals surface area contributed by atoms with E-state index in [4.69, 9.17) is 16.3 Å². The minimum absolute atomic E-state index is 0.147. The standard InChI is InChI=1S/C16H14ClN3O2S/c1-9-5-10(2)14(12(17)6-9)20-13(21)7-22-15-11-3-4-23-16(11)19-8-18-15/h3-6,8H,7H2,1-2H3,(H,20,21). The van der Waals surface area contributed by atoms with E-state index in [1.54, 1.807) is 0 Å². The Labute approximate surface area is 142 Å². The molecular formula is C16H14ClN3O2S. The summed E-state index contributed by atoms with van der Waals surface area (Å²) in [5.74, 6) is 0.110. The lowest BCUT2D eigenvalue weighted by molar-refractivity contribution is -0.118. The molecule has 1 N–H and O–H groups in total. The molecule has 0 aliphatic carbocycles. The van der Waals surface area contributed by atoms with Crippen molar-refractivity contribution in [2.24, 2.45) is 0 Å². The van der Waals surface area contributed by atoms with Gasteiger partial charge in [-0.15, -0.1) is 11.3 Å². The molecule has 0 radical (unpaired) electrons. The van der Waals surface area contributed by atoms with Gasteiger partial charge in [-0.2, -0.15) is 0 Å². The molecule has 3 rings (SSSR count). The number of amides is 1. The molecule has 7 heteroatoms. The van der Waals surface area contributed by atoms with E-state index in [-0.39, 0.29) is 12.5 Å². The Morgan fingerprint density at radius 2 is 2.17 bits per heavy atom. The monoisotopic (exact) mass is 347 g/mol.